The van der Waals surface area contributed by atoms with Crippen molar-refractivity contribution in [3.05, 3.63) is 81.8 Å². The van der Waals surface area contributed by atoms with Crippen LogP contribution in [-0.4, -0.2) is 19.5 Å². The Morgan fingerprint density at radius 2 is 1.96 bits per heavy atom. The molecule has 0 saturated heterocycles. The summed E-state index contributed by atoms with van der Waals surface area (Å²) in [4.78, 5) is 19.3. The van der Waals surface area contributed by atoms with E-state index >= 15 is 0 Å². The van der Waals surface area contributed by atoms with Crippen molar-refractivity contribution < 1.29 is 4.92 Å². The van der Waals surface area contributed by atoms with Gasteiger partial charge in [0.15, 0.2) is 0 Å². The fourth-order valence-electron chi connectivity index (χ4n) is 2.96. The van der Waals surface area contributed by atoms with E-state index in [9.17, 15) is 15.4 Å². The van der Waals surface area contributed by atoms with Crippen LogP contribution in [0.4, 0.5) is 5.69 Å². The number of fused-ring (bicyclic) bond motifs is 1. The van der Waals surface area contributed by atoms with Gasteiger partial charge in [0.1, 0.15) is 17.9 Å². The molecule has 27 heavy (non-hydrogen) atoms. The van der Waals surface area contributed by atoms with Crippen molar-refractivity contribution in [1.29, 1.82) is 5.26 Å². The van der Waals surface area contributed by atoms with Gasteiger partial charge < -0.3 is 4.57 Å². The summed E-state index contributed by atoms with van der Waals surface area (Å²) in [6.07, 6.45) is 2.98. The van der Waals surface area contributed by atoms with Gasteiger partial charge in [-0.15, -0.1) is 0 Å². The van der Waals surface area contributed by atoms with Gasteiger partial charge in [0.2, 0.25) is 0 Å². The van der Waals surface area contributed by atoms with Crippen LogP contribution in [0, 0.1) is 21.4 Å². The van der Waals surface area contributed by atoms with Crippen LogP contribution in [-0.2, 0) is 0 Å². The molecular formula is C19H10ClN5O2. The summed E-state index contributed by atoms with van der Waals surface area (Å²) >= 11 is 6.34. The first-order valence-electron chi connectivity index (χ1n) is 7.86. The third-order valence-corrected chi connectivity index (χ3v) is 4.46. The standard InChI is InChI=1S/C19H10ClN5O2/c20-15-6-1-2-7-16(15)24-10-13(9-21)18-19(24)17(22-11-23-18)12-4-3-5-14(8-12)25(26)27/h1-8,10-11H. The highest BCUT2D eigenvalue weighted by atomic mass is 35.5. The molecule has 0 aliphatic carbocycles. The van der Waals surface area contributed by atoms with Gasteiger partial charge in [-0.25, -0.2) is 9.97 Å². The topological polar surface area (TPSA) is 97.6 Å². The van der Waals surface area contributed by atoms with Crippen molar-refractivity contribution >= 4 is 28.3 Å². The van der Waals surface area contributed by atoms with Crippen LogP contribution in [0.25, 0.3) is 28.0 Å². The monoisotopic (exact) mass is 375 g/mol. The predicted octanol–water partition coefficient (Wildman–Crippen LogP) is 4.52. The number of hydrogen-bond acceptors (Lipinski definition) is 5. The number of nitriles is 1. The Labute approximate surface area is 158 Å². The fraction of sp³-hybridized carbons (Fsp3) is 0. The lowest BCUT2D eigenvalue weighted by molar-refractivity contribution is -0.384. The minimum absolute atomic E-state index is 0.0457. The van der Waals surface area contributed by atoms with Crippen molar-refractivity contribution in [2.45, 2.75) is 0 Å². The molecule has 0 saturated carbocycles. The van der Waals surface area contributed by atoms with E-state index < -0.39 is 4.92 Å². The van der Waals surface area contributed by atoms with Crippen molar-refractivity contribution in [2.75, 3.05) is 0 Å². The first-order valence-corrected chi connectivity index (χ1v) is 8.24. The zero-order valence-electron chi connectivity index (χ0n) is 13.7. The lowest BCUT2D eigenvalue weighted by atomic mass is 10.1. The van der Waals surface area contributed by atoms with Crippen molar-refractivity contribution in [3.8, 4) is 23.0 Å². The molecule has 4 rings (SSSR count). The molecule has 130 valence electrons. The summed E-state index contributed by atoms with van der Waals surface area (Å²) in [6.45, 7) is 0. The SMILES string of the molecule is N#Cc1cn(-c2ccccc2Cl)c2c(-c3cccc([N+](=O)[O-])c3)ncnc12. The summed E-state index contributed by atoms with van der Waals surface area (Å²) in [7, 11) is 0. The second-order valence-electron chi connectivity index (χ2n) is 5.70. The van der Waals surface area contributed by atoms with Gasteiger partial charge in [-0.1, -0.05) is 35.9 Å². The molecule has 0 aliphatic rings. The van der Waals surface area contributed by atoms with Crippen LogP contribution in [0.15, 0.2) is 61.1 Å². The number of rotatable bonds is 3. The molecule has 2 aromatic carbocycles. The van der Waals surface area contributed by atoms with E-state index in [0.717, 1.165) is 0 Å². The molecule has 8 heteroatoms. The van der Waals surface area contributed by atoms with E-state index in [1.807, 2.05) is 12.1 Å². The van der Waals surface area contributed by atoms with Crippen molar-refractivity contribution in [2.24, 2.45) is 0 Å². The Hall–Kier alpha value is -3.76. The average molecular weight is 376 g/mol. The molecule has 0 radical (unpaired) electrons. The molecule has 0 spiro atoms. The Bertz CT molecular complexity index is 1240. The summed E-state index contributed by atoms with van der Waals surface area (Å²) in [5.41, 5.74) is 3.01. The quantitative estimate of drug-likeness (QED) is 0.387. The Kier molecular flexibility index (Phi) is 4.03. The zero-order chi connectivity index (χ0) is 19.0. The highest BCUT2D eigenvalue weighted by molar-refractivity contribution is 6.32. The van der Waals surface area contributed by atoms with Gasteiger partial charge in [0.05, 0.1) is 32.4 Å². The van der Waals surface area contributed by atoms with Gasteiger partial charge >= 0.3 is 0 Å². The van der Waals surface area contributed by atoms with Gasteiger partial charge in [0, 0.05) is 23.9 Å². The van der Waals surface area contributed by atoms with Gasteiger partial charge in [0.25, 0.3) is 5.69 Å². The number of nitro benzene ring substituents is 1. The number of halogens is 1. The molecule has 0 fully saturated rings. The Balaban J connectivity index is 2.08. The Morgan fingerprint density at radius 3 is 2.70 bits per heavy atom. The molecule has 4 aromatic rings. The predicted molar refractivity (Wildman–Crippen MR) is 101 cm³/mol. The van der Waals surface area contributed by atoms with Gasteiger partial charge in [-0.05, 0) is 12.1 Å². The Morgan fingerprint density at radius 1 is 1.15 bits per heavy atom. The van der Waals surface area contributed by atoms with Crippen LogP contribution in [0.5, 0.6) is 0 Å². The molecular weight excluding hydrogens is 366 g/mol. The van der Waals surface area contributed by atoms with Crippen LogP contribution in [0.1, 0.15) is 5.56 Å². The number of para-hydroxylation sites is 1. The van der Waals surface area contributed by atoms with Crippen LogP contribution >= 0.6 is 11.6 Å². The van der Waals surface area contributed by atoms with E-state index in [2.05, 4.69) is 16.0 Å². The highest BCUT2D eigenvalue weighted by Crippen LogP contribution is 2.33. The van der Waals surface area contributed by atoms with Crippen LogP contribution < -0.4 is 0 Å². The molecule has 2 heterocycles. The molecule has 0 amide bonds. The van der Waals surface area contributed by atoms with E-state index in [4.69, 9.17) is 11.6 Å². The summed E-state index contributed by atoms with van der Waals surface area (Å²) < 4.78 is 1.74. The van der Waals surface area contributed by atoms with Crippen molar-refractivity contribution in [1.82, 2.24) is 14.5 Å². The fourth-order valence-corrected chi connectivity index (χ4v) is 3.18. The van der Waals surface area contributed by atoms with E-state index in [1.165, 1.54) is 18.5 Å². The maximum absolute atomic E-state index is 11.1. The number of aromatic nitrogens is 3. The van der Waals surface area contributed by atoms with E-state index in [0.29, 0.717) is 38.6 Å². The third kappa shape index (κ3) is 2.78. The number of nitro groups is 1. The largest absolute Gasteiger partial charge is 0.310 e. The summed E-state index contributed by atoms with van der Waals surface area (Å²) in [5.74, 6) is 0. The van der Waals surface area contributed by atoms with Gasteiger partial charge in [-0.2, -0.15) is 5.26 Å². The summed E-state index contributed by atoms with van der Waals surface area (Å²) in [6, 6.07) is 15.5. The second kappa shape index (κ2) is 6.52. The first-order chi connectivity index (χ1) is 13.1. The third-order valence-electron chi connectivity index (χ3n) is 4.14. The molecule has 0 N–H and O–H groups in total. The number of nitrogens with zero attached hydrogens (tertiary/aromatic N) is 5. The van der Waals surface area contributed by atoms with Gasteiger partial charge in [-0.3, -0.25) is 10.1 Å². The minimum atomic E-state index is -0.463. The number of hydrogen-bond donors (Lipinski definition) is 0. The summed E-state index contributed by atoms with van der Waals surface area (Å²) in [5, 5.41) is 21.1. The van der Waals surface area contributed by atoms with E-state index in [1.54, 1.807) is 35.0 Å². The second-order valence-corrected chi connectivity index (χ2v) is 6.11. The van der Waals surface area contributed by atoms with Crippen LogP contribution in [0.2, 0.25) is 5.02 Å². The smallest absolute Gasteiger partial charge is 0.270 e. The molecule has 0 atom stereocenters. The first kappa shape index (κ1) is 16.7. The van der Waals surface area contributed by atoms with E-state index in [-0.39, 0.29) is 5.69 Å². The maximum atomic E-state index is 11.1. The minimum Gasteiger partial charge on any atom is -0.310 e. The molecule has 2 aromatic heterocycles. The lowest BCUT2D eigenvalue weighted by Crippen LogP contribution is -1.97. The van der Waals surface area contributed by atoms with Crippen molar-refractivity contribution in [3.63, 3.8) is 0 Å². The number of non-ortho nitro benzene ring substituents is 1. The molecule has 0 bridgehead atoms. The highest BCUT2D eigenvalue weighted by Gasteiger charge is 2.19. The molecule has 0 aliphatic heterocycles. The lowest BCUT2D eigenvalue weighted by Gasteiger charge is -2.10. The average Bonchev–Trinajstić information content (AvgIpc) is 3.07. The maximum Gasteiger partial charge on any atom is 0.270 e. The molecule has 7 nitrogen and oxygen atoms in total. The number of benzene rings is 2. The normalized spacial score (nSPS) is 10.7. The van der Waals surface area contributed by atoms with Crippen LogP contribution in [0.3, 0.4) is 0 Å². The zero-order valence-corrected chi connectivity index (χ0v) is 14.5. The molecule has 0 unspecified atom stereocenters.